The van der Waals surface area contributed by atoms with Crippen molar-refractivity contribution < 1.29 is 9.66 Å². The second kappa shape index (κ2) is 6.95. The highest BCUT2D eigenvalue weighted by Crippen LogP contribution is 2.37. The standard InChI is InChI=1S/C19H18N4O3/c24-23(25)17-18(22-10-4-1-5-11-22)20-13-21-19(17)26-16-9-8-14-6-2-3-7-15(14)12-16/h2-3,6-9,12-13H,1,4-5,10-11H2. The average Bonchev–Trinajstić information content (AvgIpc) is 2.68. The largest absolute Gasteiger partial charge is 0.434 e. The molecule has 2 heterocycles. The Hall–Kier alpha value is -3.22. The maximum absolute atomic E-state index is 11.7. The Bertz CT molecular complexity index is 954. The van der Waals surface area contributed by atoms with Crippen molar-refractivity contribution in [3.05, 3.63) is 58.9 Å². The van der Waals surface area contributed by atoms with E-state index < -0.39 is 4.92 Å². The molecular formula is C19H18N4O3. The van der Waals surface area contributed by atoms with Crippen molar-refractivity contribution in [3.63, 3.8) is 0 Å². The predicted molar refractivity (Wildman–Crippen MR) is 98.8 cm³/mol. The van der Waals surface area contributed by atoms with Gasteiger partial charge in [0.25, 0.3) is 0 Å². The molecule has 7 nitrogen and oxygen atoms in total. The van der Waals surface area contributed by atoms with Gasteiger partial charge in [0.05, 0.1) is 4.92 Å². The maximum Gasteiger partial charge on any atom is 0.373 e. The first-order valence-corrected chi connectivity index (χ1v) is 8.63. The fourth-order valence-electron chi connectivity index (χ4n) is 3.27. The second-order valence-electron chi connectivity index (χ2n) is 6.27. The molecule has 2 aromatic carbocycles. The molecule has 0 atom stereocenters. The first-order chi connectivity index (χ1) is 12.7. The number of piperidine rings is 1. The third kappa shape index (κ3) is 3.15. The van der Waals surface area contributed by atoms with Gasteiger partial charge in [0.2, 0.25) is 5.82 Å². The van der Waals surface area contributed by atoms with Crippen LogP contribution in [0.1, 0.15) is 19.3 Å². The minimum atomic E-state index is -0.458. The Kier molecular flexibility index (Phi) is 4.35. The van der Waals surface area contributed by atoms with Crippen molar-refractivity contribution in [2.45, 2.75) is 19.3 Å². The van der Waals surface area contributed by atoms with Gasteiger partial charge in [0, 0.05) is 13.1 Å². The van der Waals surface area contributed by atoms with Crippen molar-refractivity contribution in [2.24, 2.45) is 0 Å². The summed E-state index contributed by atoms with van der Waals surface area (Å²) in [5.74, 6) is 0.816. The highest BCUT2D eigenvalue weighted by atomic mass is 16.6. The fourth-order valence-corrected chi connectivity index (χ4v) is 3.27. The highest BCUT2D eigenvalue weighted by Gasteiger charge is 2.29. The molecule has 3 aromatic rings. The predicted octanol–water partition coefficient (Wildman–Crippen LogP) is 4.32. The van der Waals surface area contributed by atoms with E-state index in [9.17, 15) is 10.1 Å². The van der Waals surface area contributed by atoms with Crippen LogP contribution in [-0.2, 0) is 0 Å². The number of aromatic nitrogens is 2. The molecule has 0 bridgehead atoms. The summed E-state index contributed by atoms with van der Waals surface area (Å²) in [6, 6.07) is 13.4. The number of fused-ring (bicyclic) bond motifs is 1. The van der Waals surface area contributed by atoms with Crippen LogP contribution in [0.4, 0.5) is 11.5 Å². The van der Waals surface area contributed by atoms with Crippen molar-refractivity contribution in [3.8, 4) is 11.6 Å². The molecule has 7 heteroatoms. The lowest BCUT2D eigenvalue weighted by molar-refractivity contribution is -0.385. The smallest absolute Gasteiger partial charge is 0.373 e. The van der Waals surface area contributed by atoms with Gasteiger partial charge in [-0.25, -0.2) is 4.98 Å². The number of nitro groups is 1. The molecule has 0 saturated carbocycles. The number of hydrogen-bond donors (Lipinski definition) is 0. The summed E-state index contributed by atoms with van der Waals surface area (Å²) in [5.41, 5.74) is -0.178. The summed E-state index contributed by atoms with van der Waals surface area (Å²) in [6.45, 7) is 1.51. The quantitative estimate of drug-likeness (QED) is 0.515. The molecule has 1 fully saturated rings. The zero-order valence-electron chi connectivity index (χ0n) is 14.2. The van der Waals surface area contributed by atoms with E-state index in [2.05, 4.69) is 9.97 Å². The van der Waals surface area contributed by atoms with E-state index in [0.717, 1.165) is 43.1 Å². The van der Waals surface area contributed by atoms with Crippen LogP contribution in [0.5, 0.6) is 11.6 Å². The molecule has 0 aliphatic carbocycles. The normalized spacial score (nSPS) is 14.4. The Morgan fingerprint density at radius 1 is 1.00 bits per heavy atom. The van der Waals surface area contributed by atoms with Gasteiger partial charge in [-0.15, -0.1) is 0 Å². The summed E-state index contributed by atoms with van der Waals surface area (Å²) in [4.78, 5) is 21.4. The molecule has 0 spiro atoms. The SMILES string of the molecule is O=[N+]([O-])c1c(Oc2ccc3ccccc3c2)ncnc1N1CCCCC1. The van der Waals surface area contributed by atoms with Gasteiger partial charge in [0.1, 0.15) is 12.1 Å². The van der Waals surface area contributed by atoms with Crippen molar-refractivity contribution >= 4 is 22.3 Å². The van der Waals surface area contributed by atoms with Gasteiger partial charge in [-0.2, -0.15) is 4.98 Å². The second-order valence-corrected chi connectivity index (χ2v) is 6.27. The number of hydrogen-bond acceptors (Lipinski definition) is 6. The van der Waals surface area contributed by atoms with Crippen molar-refractivity contribution in [2.75, 3.05) is 18.0 Å². The lowest BCUT2D eigenvalue weighted by Crippen LogP contribution is -2.30. The minimum Gasteiger partial charge on any atom is -0.434 e. The summed E-state index contributed by atoms with van der Waals surface area (Å²) in [7, 11) is 0. The average molecular weight is 350 g/mol. The Morgan fingerprint density at radius 3 is 2.54 bits per heavy atom. The van der Waals surface area contributed by atoms with Crippen LogP contribution in [0.15, 0.2) is 48.8 Å². The van der Waals surface area contributed by atoms with E-state index in [0.29, 0.717) is 11.6 Å². The Morgan fingerprint density at radius 2 is 1.77 bits per heavy atom. The van der Waals surface area contributed by atoms with Gasteiger partial charge in [0.15, 0.2) is 0 Å². The summed E-state index contributed by atoms with van der Waals surface area (Å²) >= 11 is 0. The Labute approximate surface area is 150 Å². The number of benzene rings is 2. The lowest BCUT2D eigenvalue weighted by atomic mass is 10.1. The molecule has 1 aromatic heterocycles. The van der Waals surface area contributed by atoms with Crippen LogP contribution in [0.2, 0.25) is 0 Å². The van der Waals surface area contributed by atoms with Gasteiger partial charge in [-0.1, -0.05) is 30.3 Å². The van der Waals surface area contributed by atoms with Crippen molar-refractivity contribution in [1.29, 1.82) is 0 Å². The fraction of sp³-hybridized carbons (Fsp3) is 0.263. The number of rotatable bonds is 4. The minimum absolute atomic E-state index is 0.0270. The van der Waals surface area contributed by atoms with Gasteiger partial charge >= 0.3 is 11.6 Å². The summed E-state index contributed by atoms with van der Waals surface area (Å²) < 4.78 is 5.79. The third-order valence-electron chi connectivity index (χ3n) is 4.54. The topological polar surface area (TPSA) is 81.4 Å². The third-order valence-corrected chi connectivity index (χ3v) is 4.54. The van der Waals surface area contributed by atoms with Gasteiger partial charge in [-0.3, -0.25) is 10.1 Å². The van der Waals surface area contributed by atoms with Crippen LogP contribution >= 0.6 is 0 Å². The molecule has 0 unspecified atom stereocenters. The van der Waals surface area contributed by atoms with Crippen LogP contribution < -0.4 is 9.64 Å². The number of ether oxygens (including phenoxy) is 1. The molecule has 1 aliphatic rings. The lowest BCUT2D eigenvalue weighted by Gasteiger charge is -2.27. The van der Waals surface area contributed by atoms with E-state index in [4.69, 9.17) is 4.74 Å². The van der Waals surface area contributed by atoms with Crippen LogP contribution in [-0.4, -0.2) is 28.0 Å². The zero-order valence-corrected chi connectivity index (χ0v) is 14.2. The van der Waals surface area contributed by atoms with Crippen LogP contribution in [0, 0.1) is 10.1 Å². The van der Waals surface area contributed by atoms with E-state index in [1.165, 1.54) is 6.33 Å². The van der Waals surface area contributed by atoms with E-state index in [-0.39, 0.29) is 11.6 Å². The van der Waals surface area contributed by atoms with E-state index in [1.807, 2.05) is 41.3 Å². The van der Waals surface area contributed by atoms with Crippen LogP contribution in [0.3, 0.4) is 0 Å². The molecule has 0 radical (unpaired) electrons. The van der Waals surface area contributed by atoms with E-state index >= 15 is 0 Å². The van der Waals surface area contributed by atoms with Crippen LogP contribution in [0.25, 0.3) is 10.8 Å². The summed E-state index contributed by atoms with van der Waals surface area (Å²) in [6.07, 6.45) is 4.47. The molecular weight excluding hydrogens is 332 g/mol. The molecule has 4 rings (SSSR count). The monoisotopic (exact) mass is 350 g/mol. The number of nitrogens with zero attached hydrogens (tertiary/aromatic N) is 4. The van der Waals surface area contributed by atoms with Gasteiger partial charge in [-0.05, 0) is 42.2 Å². The molecule has 1 aliphatic heterocycles. The first kappa shape index (κ1) is 16.3. The maximum atomic E-state index is 11.7. The molecule has 0 amide bonds. The zero-order chi connectivity index (χ0) is 17.9. The Balaban J connectivity index is 1.71. The number of anilines is 1. The first-order valence-electron chi connectivity index (χ1n) is 8.63. The van der Waals surface area contributed by atoms with E-state index in [1.54, 1.807) is 6.07 Å². The molecule has 1 saturated heterocycles. The van der Waals surface area contributed by atoms with Gasteiger partial charge < -0.3 is 9.64 Å². The molecule has 132 valence electrons. The molecule has 0 N–H and O–H groups in total. The summed E-state index contributed by atoms with van der Waals surface area (Å²) in [5, 5.41) is 13.8. The van der Waals surface area contributed by atoms with Crippen molar-refractivity contribution in [1.82, 2.24) is 9.97 Å². The molecule has 26 heavy (non-hydrogen) atoms. The highest BCUT2D eigenvalue weighted by molar-refractivity contribution is 5.83.